The molecule has 1 aliphatic heterocycles. The number of ether oxygens (including phenoxy) is 1. The summed E-state index contributed by atoms with van der Waals surface area (Å²) in [7, 11) is 1.34. The molecule has 1 atom stereocenters. The summed E-state index contributed by atoms with van der Waals surface area (Å²) in [5.74, 6) is 0.142. The van der Waals surface area contributed by atoms with Gasteiger partial charge in [-0.15, -0.1) is 0 Å². The summed E-state index contributed by atoms with van der Waals surface area (Å²) in [6, 6.07) is 11.0. The molecule has 0 spiro atoms. The molecule has 1 aromatic carbocycles. The molecule has 1 aromatic heterocycles. The van der Waals surface area contributed by atoms with E-state index in [0.717, 1.165) is 17.7 Å². The predicted molar refractivity (Wildman–Crippen MR) is 115 cm³/mol. The Morgan fingerprint density at radius 2 is 1.87 bits per heavy atom. The molecule has 1 aliphatic carbocycles. The zero-order chi connectivity index (χ0) is 21.6. The van der Waals surface area contributed by atoms with Crippen molar-refractivity contribution in [1.29, 1.82) is 0 Å². The molecule has 0 saturated carbocycles. The second-order valence-corrected chi connectivity index (χ2v) is 9.07. The highest BCUT2D eigenvalue weighted by atomic mass is 35.5. The number of dihydropyridines is 1. The standard InChI is InChI=1S/C24H24ClNO4/c1-13-20(23(28)29-4)22(21-16(26-13)11-24(2,3)12-17(21)27)19-10-9-18(30-19)14-5-7-15(25)8-6-14/h5-10,22,26H,11-12H2,1-4H3/t22-/m1/s1. The van der Waals surface area contributed by atoms with Crippen LogP contribution in [0.4, 0.5) is 0 Å². The molecule has 30 heavy (non-hydrogen) atoms. The molecular formula is C24H24ClNO4. The Morgan fingerprint density at radius 1 is 1.17 bits per heavy atom. The van der Waals surface area contributed by atoms with Crippen molar-refractivity contribution in [2.75, 3.05) is 7.11 Å². The SMILES string of the molecule is COC(=O)C1=C(C)NC2=C(C(=O)CC(C)(C)C2)[C@@H]1c1ccc(-c2ccc(Cl)cc2)o1. The molecule has 1 N–H and O–H groups in total. The maximum atomic E-state index is 13.2. The lowest BCUT2D eigenvalue weighted by Gasteiger charge is -2.38. The van der Waals surface area contributed by atoms with E-state index >= 15 is 0 Å². The van der Waals surface area contributed by atoms with Gasteiger partial charge in [0, 0.05) is 34.0 Å². The van der Waals surface area contributed by atoms with Crippen LogP contribution in [0.5, 0.6) is 0 Å². The first-order valence-corrected chi connectivity index (χ1v) is 10.3. The van der Waals surface area contributed by atoms with Crippen LogP contribution in [-0.2, 0) is 14.3 Å². The van der Waals surface area contributed by atoms with E-state index in [9.17, 15) is 9.59 Å². The van der Waals surface area contributed by atoms with Gasteiger partial charge in [0.15, 0.2) is 5.78 Å². The number of hydrogen-bond donors (Lipinski definition) is 1. The number of allylic oxidation sites excluding steroid dienone is 3. The lowest BCUT2D eigenvalue weighted by molar-refractivity contribution is -0.136. The monoisotopic (exact) mass is 425 g/mol. The van der Waals surface area contributed by atoms with Crippen LogP contribution >= 0.6 is 11.6 Å². The predicted octanol–water partition coefficient (Wildman–Crippen LogP) is 5.38. The van der Waals surface area contributed by atoms with E-state index in [2.05, 4.69) is 19.2 Å². The van der Waals surface area contributed by atoms with Gasteiger partial charge in [-0.1, -0.05) is 25.4 Å². The topological polar surface area (TPSA) is 68.5 Å². The Morgan fingerprint density at radius 3 is 2.53 bits per heavy atom. The minimum Gasteiger partial charge on any atom is -0.466 e. The molecule has 0 amide bonds. The molecule has 4 rings (SSSR count). The summed E-state index contributed by atoms with van der Waals surface area (Å²) in [6.07, 6.45) is 1.14. The molecule has 156 valence electrons. The summed E-state index contributed by atoms with van der Waals surface area (Å²) >= 11 is 5.99. The van der Waals surface area contributed by atoms with Crippen molar-refractivity contribution in [3.63, 3.8) is 0 Å². The maximum Gasteiger partial charge on any atom is 0.336 e. The zero-order valence-electron chi connectivity index (χ0n) is 17.5. The van der Waals surface area contributed by atoms with Gasteiger partial charge in [-0.3, -0.25) is 4.79 Å². The number of halogens is 1. The quantitative estimate of drug-likeness (QED) is 0.669. The van der Waals surface area contributed by atoms with Gasteiger partial charge in [-0.2, -0.15) is 0 Å². The average molecular weight is 426 g/mol. The number of methoxy groups -OCH3 is 1. The lowest BCUT2D eigenvalue weighted by atomic mass is 9.69. The second kappa shape index (κ2) is 7.47. The number of rotatable bonds is 3. The Bertz CT molecular complexity index is 1090. The van der Waals surface area contributed by atoms with E-state index in [-0.39, 0.29) is 11.2 Å². The van der Waals surface area contributed by atoms with Gasteiger partial charge in [0.05, 0.1) is 18.6 Å². The van der Waals surface area contributed by atoms with Gasteiger partial charge >= 0.3 is 5.97 Å². The number of ketones is 1. The summed E-state index contributed by atoms with van der Waals surface area (Å²) in [6.45, 7) is 5.98. The van der Waals surface area contributed by atoms with Crippen molar-refractivity contribution in [1.82, 2.24) is 5.32 Å². The number of carbonyl (C=O) groups is 2. The van der Waals surface area contributed by atoms with E-state index in [0.29, 0.717) is 39.8 Å². The maximum absolute atomic E-state index is 13.2. The minimum atomic E-state index is -0.599. The first-order chi connectivity index (χ1) is 14.2. The van der Waals surface area contributed by atoms with Crippen LogP contribution in [0.3, 0.4) is 0 Å². The number of hydrogen-bond acceptors (Lipinski definition) is 5. The highest BCUT2D eigenvalue weighted by Gasteiger charge is 2.44. The Hall–Kier alpha value is -2.79. The molecular weight excluding hydrogens is 402 g/mol. The normalized spacial score (nSPS) is 20.7. The smallest absolute Gasteiger partial charge is 0.336 e. The number of furan rings is 1. The van der Waals surface area contributed by atoms with Crippen LogP contribution in [0.25, 0.3) is 11.3 Å². The lowest BCUT2D eigenvalue weighted by Crippen LogP contribution is -2.38. The van der Waals surface area contributed by atoms with Crippen molar-refractivity contribution in [2.24, 2.45) is 5.41 Å². The van der Waals surface area contributed by atoms with Crippen LogP contribution in [0, 0.1) is 5.41 Å². The number of nitrogens with one attached hydrogen (secondary N) is 1. The van der Waals surface area contributed by atoms with E-state index in [1.54, 1.807) is 12.1 Å². The molecule has 6 heteroatoms. The number of carbonyl (C=O) groups excluding carboxylic acids is 2. The summed E-state index contributed by atoms with van der Waals surface area (Å²) < 4.78 is 11.2. The third kappa shape index (κ3) is 3.58. The number of Topliss-reactive ketones (excluding diaryl/α,β-unsaturated/α-hetero) is 1. The average Bonchev–Trinajstić information content (AvgIpc) is 3.15. The molecule has 5 nitrogen and oxygen atoms in total. The molecule has 2 aromatic rings. The molecule has 0 saturated heterocycles. The molecule has 2 heterocycles. The molecule has 0 radical (unpaired) electrons. The Balaban J connectivity index is 1.84. The largest absolute Gasteiger partial charge is 0.466 e. The zero-order valence-corrected chi connectivity index (χ0v) is 18.2. The Kier molecular flexibility index (Phi) is 5.10. The van der Waals surface area contributed by atoms with Gasteiger partial charge in [0.1, 0.15) is 11.5 Å². The fraction of sp³-hybridized carbons (Fsp3) is 0.333. The fourth-order valence-electron chi connectivity index (χ4n) is 4.38. The van der Waals surface area contributed by atoms with Crippen LogP contribution < -0.4 is 5.32 Å². The summed E-state index contributed by atoms with van der Waals surface area (Å²) in [5.41, 5.74) is 3.26. The third-order valence-electron chi connectivity index (χ3n) is 5.69. The van der Waals surface area contributed by atoms with Gasteiger partial charge < -0.3 is 14.5 Å². The highest BCUT2D eigenvalue weighted by Crippen LogP contribution is 2.47. The van der Waals surface area contributed by atoms with Crippen molar-refractivity contribution in [3.8, 4) is 11.3 Å². The Labute approximate surface area is 180 Å². The second-order valence-electron chi connectivity index (χ2n) is 8.63. The third-order valence-corrected chi connectivity index (χ3v) is 5.94. The van der Waals surface area contributed by atoms with Crippen LogP contribution in [0.15, 0.2) is 63.4 Å². The van der Waals surface area contributed by atoms with Crippen LogP contribution in [0.1, 0.15) is 45.3 Å². The van der Waals surface area contributed by atoms with Crippen LogP contribution in [-0.4, -0.2) is 18.9 Å². The van der Waals surface area contributed by atoms with Gasteiger partial charge in [0.2, 0.25) is 0 Å². The molecule has 0 bridgehead atoms. The van der Waals surface area contributed by atoms with Crippen LogP contribution in [0.2, 0.25) is 5.02 Å². The summed E-state index contributed by atoms with van der Waals surface area (Å²) in [4.78, 5) is 25.8. The van der Waals surface area contributed by atoms with Crippen molar-refractivity contribution >= 4 is 23.4 Å². The number of esters is 1. The van der Waals surface area contributed by atoms with E-state index in [1.165, 1.54) is 7.11 Å². The first-order valence-electron chi connectivity index (χ1n) is 9.88. The van der Waals surface area contributed by atoms with E-state index in [4.69, 9.17) is 20.8 Å². The molecule has 0 fully saturated rings. The van der Waals surface area contributed by atoms with Gasteiger partial charge in [-0.05, 0) is 55.2 Å². The first kappa shape index (κ1) is 20.5. The van der Waals surface area contributed by atoms with Crippen molar-refractivity contribution < 1.29 is 18.7 Å². The molecule has 0 unspecified atom stereocenters. The highest BCUT2D eigenvalue weighted by molar-refractivity contribution is 6.30. The van der Waals surface area contributed by atoms with Crippen molar-refractivity contribution in [2.45, 2.75) is 39.5 Å². The van der Waals surface area contributed by atoms with Gasteiger partial charge in [0.25, 0.3) is 0 Å². The molecule has 2 aliphatic rings. The van der Waals surface area contributed by atoms with Crippen molar-refractivity contribution in [3.05, 3.63) is 69.7 Å². The summed E-state index contributed by atoms with van der Waals surface area (Å²) in [5, 5.41) is 3.93. The van der Waals surface area contributed by atoms with Gasteiger partial charge in [-0.25, -0.2) is 4.79 Å². The van der Waals surface area contributed by atoms with E-state index in [1.807, 2.05) is 31.2 Å². The number of benzene rings is 1. The minimum absolute atomic E-state index is 0.0251. The fourth-order valence-corrected chi connectivity index (χ4v) is 4.50. The van der Waals surface area contributed by atoms with E-state index < -0.39 is 11.9 Å².